The van der Waals surface area contributed by atoms with Gasteiger partial charge in [0, 0.05) is 42.9 Å². The van der Waals surface area contributed by atoms with Crippen molar-refractivity contribution in [2.24, 2.45) is 7.05 Å². The second-order valence-electron chi connectivity index (χ2n) is 12.1. The fourth-order valence-corrected chi connectivity index (χ4v) is 5.50. The monoisotopic (exact) mass is 590 g/mol. The molecule has 43 heavy (non-hydrogen) atoms. The summed E-state index contributed by atoms with van der Waals surface area (Å²) in [7, 11) is 1.67. The number of amides is 1. The molecule has 7 nitrogen and oxygen atoms in total. The normalized spacial score (nSPS) is 16.9. The molecule has 0 aliphatic heterocycles. The molecule has 4 rings (SSSR count). The number of nitrogens with zero attached hydrogens (tertiary/aromatic N) is 1. The Morgan fingerprint density at radius 1 is 1.09 bits per heavy atom. The largest absolute Gasteiger partial charge is 0.490 e. The molecule has 230 valence electrons. The van der Waals surface area contributed by atoms with E-state index in [1.54, 1.807) is 53.1 Å². The van der Waals surface area contributed by atoms with Crippen molar-refractivity contribution in [1.82, 2.24) is 9.88 Å². The maximum atomic E-state index is 14.0. The van der Waals surface area contributed by atoms with Gasteiger partial charge in [0.15, 0.2) is 0 Å². The molecular formula is C35H43FN2O5. The molecule has 0 spiro atoms. The van der Waals surface area contributed by atoms with Crippen LogP contribution < -0.4 is 20.3 Å². The summed E-state index contributed by atoms with van der Waals surface area (Å²) in [5.41, 5.74) is 1.88. The predicted octanol–water partition coefficient (Wildman–Crippen LogP) is 6.99. The Labute approximate surface area is 253 Å². The molecule has 1 heterocycles. The van der Waals surface area contributed by atoms with Crippen LogP contribution in [0.25, 0.3) is 11.1 Å². The molecule has 2 aromatic carbocycles. The van der Waals surface area contributed by atoms with Gasteiger partial charge in [-0.15, -0.1) is 6.58 Å². The number of nitrogens with one attached hydrogen (secondary N) is 1. The first-order valence-electron chi connectivity index (χ1n) is 14.9. The number of hydrogen-bond donors (Lipinski definition) is 2. The summed E-state index contributed by atoms with van der Waals surface area (Å²) in [6, 6.07) is 9.85. The Kier molecular flexibility index (Phi) is 10.1. The lowest BCUT2D eigenvalue weighted by Crippen LogP contribution is -2.39. The summed E-state index contributed by atoms with van der Waals surface area (Å²) in [6.45, 7) is 10.7. The minimum Gasteiger partial charge on any atom is -0.490 e. The first-order chi connectivity index (χ1) is 20.3. The number of unbranched alkanes of at least 4 members (excludes halogenated alkanes) is 1. The number of ether oxygens (including phenoxy) is 2. The lowest BCUT2D eigenvalue weighted by atomic mass is 9.92. The molecule has 1 fully saturated rings. The van der Waals surface area contributed by atoms with Crippen molar-refractivity contribution in [1.29, 1.82) is 0 Å². The van der Waals surface area contributed by atoms with Crippen LogP contribution in [0.4, 0.5) is 4.39 Å². The van der Waals surface area contributed by atoms with E-state index in [1.807, 2.05) is 12.1 Å². The van der Waals surface area contributed by atoms with E-state index in [0.717, 1.165) is 38.5 Å². The van der Waals surface area contributed by atoms with Gasteiger partial charge in [-0.2, -0.15) is 0 Å². The molecule has 8 heteroatoms. The number of halogens is 1. The highest BCUT2D eigenvalue weighted by Gasteiger charge is 2.26. The minimum atomic E-state index is -1.13. The highest BCUT2D eigenvalue weighted by molar-refractivity contribution is 5.77. The minimum absolute atomic E-state index is 0.0610. The summed E-state index contributed by atoms with van der Waals surface area (Å²) < 4.78 is 28.4. The number of carbonyl (C=O) groups is 1. The molecule has 0 saturated heterocycles. The zero-order valence-corrected chi connectivity index (χ0v) is 25.8. The number of pyridine rings is 1. The van der Waals surface area contributed by atoms with Crippen molar-refractivity contribution in [3.8, 4) is 28.4 Å². The summed E-state index contributed by atoms with van der Waals surface area (Å²) in [4.78, 5) is 25.1. The molecule has 0 bridgehead atoms. The van der Waals surface area contributed by atoms with E-state index in [0.29, 0.717) is 51.5 Å². The molecular weight excluding hydrogens is 547 g/mol. The van der Waals surface area contributed by atoms with Crippen molar-refractivity contribution in [3.63, 3.8) is 0 Å². The van der Waals surface area contributed by atoms with Crippen LogP contribution >= 0.6 is 0 Å². The summed E-state index contributed by atoms with van der Waals surface area (Å²) in [5, 5.41) is 14.0. The van der Waals surface area contributed by atoms with Gasteiger partial charge in [-0.1, -0.05) is 12.1 Å². The third-order valence-electron chi connectivity index (χ3n) is 7.95. The molecule has 3 aromatic rings. The van der Waals surface area contributed by atoms with Gasteiger partial charge < -0.3 is 24.5 Å². The summed E-state index contributed by atoms with van der Waals surface area (Å²) >= 11 is 0. The lowest BCUT2D eigenvalue weighted by Gasteiger charge is -2.30. The molecule has 1 saturated carbocycles. The molecule has 1 aromatic heterocycles. The second-order valence-corrected chi connectivity index (χ2v) is 12.1. The van der Waals surface area contributed by atoms with Gasteiger partial charge in [-0.3, -0.25) is 9.59 Å². The van der Waals surface area contributed by atoms with Crippen molar-refractivity contribution in [3.05, 3.63) is 88.1 Å². The maximum Gasteiger partial charge on any atom is 0.254 e. The van der Waals surface area contributed by atoms with E-state index in [-0.39, 0.29) is 29.4 Å². The van der Waals surface area contributed by atoms with Crippen molar-refractivity contribution < 1.29 is 23.8 Å². The molecule has 0 radical (unpaired) electrons. The predicted molar refractivity (Wildman–Crippen MR) is 167 cm³/mol. The van der Waals surface area contributed by atoms with E-state index in [2.05, 4.69) is 11.9 Å². The quantitative estimate of drug-likeness (QED) is 0.186. The van der Waals surface area contributed by atoms with E-state index >= 15 is 0 Å². The Balaban J connectivity index is 1.64. The van der Waals surface area contributed by atoms with Gasteiger partial charge in [-0.05, 0) is 107 Å². The summed E-state index contributed by atoms with van der Waals surface area (Å²) in [6.07, 6.45) is 8.53. The third-order valence-corrected chi connectivity index (χ3v) is 7.95. The molecule has 0 unspecified atom stereocenters. The Bertz CT molecular complexity index is 1510. The average Bonchev–Trinajstić information content (AvgIpc) is 2.93. The Hall–Kier alpha value is -3.91. The van der Waals surface area contributed by atoms with Crippen molar-refractivity contribution >= 4 is 5.91 Å². The molecule has 0 atom stereocenters. The average molecular weight is 591 g/mol. The van der Waals surface area contributed by atoms with Gasteiger partial charge in [0.05, 0.1) is 11.7 Å². The van der Waals surface area contributed by atoms with Crippen molar-refractivity contribution in [2.45, 2.75) is 90.4 Å². The molecule has 2 N–H and O–H groups in total. The van der Waals surface area contributed by atoms with Crippen LogP contribution in [0.2, 0.25) is 0 Å². The number of carbonyl (C=O) groups excluding carboxylic acids is 1. The lowest BCUT2D eigenvalue weighted by molar-refractivity contribution is -0.122. The van der Waals surface area contributed by atoms with E-state index < -0.39 is 5.60 Å². The number of rotatable bonds is 11. The Morgan fingerprint density at radius 2 is 1.77 bits per heavy atom. The Morgan fingerprint density at radius 3 is 2.40 bits per heavy atom. The fraction of sp³-hybridized carbons (Fsp3) is 0.429. The SMILES string of the molecule is C=CCCCC(=O)N[C@H]1CC[C@H](Oc2cc(=O)n(C)cc2-c2cc(C(C)(C)O)ccc2Oc2c(C)cc(F)cc2C)CC1. The number of aliphatic hydroxyl groups is 1. The number of aromatic nitrogens is 1. The van der Waals surface area contributed by atoms with Gasteiger partial charge in [-0.25, -0.2) is 4.39 Å². The highest BCUT2D eigenvalue weighted by atomic mass is 19.1. The second kappa shape index (κ2) is 13.6. The van der Waals surface area contributed by atoms with E-state index in [1.165, 1.54) is 22.8 Å². The van der Waals surface area contributed by atoms with Gasteiger partial charge in [0.2, 0.25) is 5.91 Å². The van der Waals surface area contributed by atoms with E-state index in [9.17, 15) is 19.1 Å². The smallest absolute Gasteiger partial charge is 0.254 e. The standard InChI is InChI=1S/C35H43FN2O5/c1-7-8-9-10-32(39)37-26-12-14-27(15-13-26)42-31-20-33(40)38(6)21-29(31)28-19-24(35(4,5)41)11-16-30(28)43-34-22(2)17-25(36)18-23(34)3/h7,11,16-21,26-27,41H,1,8-10,12-15H2,2-6H3,(H,37,39)/t26-,27-. The number of aryl methyl sites for hydroxylation is 3. The zero-order chi connectivity index (χ0) is 31.3. The first kappa shape index (κ1) is 32.0. The van der Waals surface area contributed by atoms with Gasteiger partial charge in [0.1, 0.15) is 23.1 Å². The van der Waals surface area contributed by atoms with Crippen molar-refractivity contribution in [2.75, 3.05) is 0 Å². The third kappa shape index (κ3) is 8.14. The highest BCUT2D eigenvalue weighted by Crippen LogP contribution is 2.42. The van der Waals surface area contributed by atoms with Gasteiger partial charge >= 0.3 is 0 Å². The van der Waals surface area contributed by atoms with Crippen LogP contribution in [-0.4, -0.2) is 27.7 Å². The number of benzene rings is 2. The maximum absolute atomic E-state index is 14.0. The van der Waals surface area contributed by atoms with E-state index in [4.69, 9.17) is 9.47 Å². The first-order valence-corrected chi connectivity index (χ1v) is 14.9. The van der Waals surface area contributed by atoms with Gasteiger partial charge in [0.25, 0.3) is 5.56 Å². The van der Waals surface area contributed by atoms with Crippen LogP contribution in [0, 0.1) is 19.7 Å². The van der Waals surface area contributed by atoms with Crippen LogP contribution in [0.3, 0.4) is 0 Å². The number of hydrogen-bond acceptors (Lipinski definition) is 5. The molecule has 1 aliphatic carbocycles. The van der Waals surface area contributed by atoms with Crippen LogP contribution in [0.5, 0.6) is 17.2 Å². The summed E-state index contributed by atoms with van der Waals surface area (Å²) in [5.74, 6) is 1.17. The van der Waals surface area contributed by atoms with Crippen LogP contribution in [-0.2, 0) is 17.4 Å². The zero-order valence-electron chi connectivity index (χ0n) is 25.8. The molecule has 1 amide bonds. The van der Waals surface area contributed by atoms with Crippen LogP contribution in [0.1, 0.15) is 75.5 Å². The topological polar surface area (TPSA) is 89.8 Å². The number of allylic oxidation sites excluding steroid dienone is 1. The fourth-order valence-electron chi connectivity index (χ4n) is 5.50. The van der Waals surface area contributed by atoms with Crippen LogP contribution in [0.15, 0.2) is 60.0 Å². The molecule has 1 aliphatic rings.